The van der Waals surface area contributed by atoms with E-state index in [0.717, 1.165) is 23.3 Å². The predicted octanol–water partition coefficient (Wildman–Crippen LogP) is 6.90. The van der Waals surface area contributed by atoms with Crippen LogP contribution < -0.4 is 15.2 Å². The van der Waals surface area contributed by atoms with E-state index < -0.39 is 25.1 Å². The number of phosphoric ester groups is 1. The highest BCUT2D eigenvalue weighted by Crippen LogP contribution is 2.48. The zero-order valence-corrected chi connectivity index (χ0v) is 21.8. The van der Waals surface area contributed by atoms with Crippen molar-refractivity contribution in [3.63, 3.8) is 0 Å². The highest BCUT2D eigenvalue weighted by molar-refractivity contribution is 7.47. The number of alkyl halides is 3. The van der Waals surface area contributed by atoms with Crippen molar-refractivity contribution in [1.82, 2.24) is 0 Å². The number of nitrogens with two attached hydrogens (primary N) is 1. The summed E-state index contributed by atoms with van der Waals surface area (Å²) in [6.45, 7) is -0.103. The first-order valence-electron chi connectivity index (χ1n) is 11.7. The standard InChI is InChI=1S/C26H26ClF3NO6P/c27-24-14-21(9-8-19(24)7-4-10-25(31)16-35-38(32,33)36-17-25)37-23-12-20(26(28,29)30)11-22(13-23)34-15-18-5-2-1-3-6-18/h1-3,5-6,8-9,11-14H,4,7,10,15-17,31H2,(H,32,33). The molecule has 0 spiro atoms. The third-order valence-electron chi connectivity index (χ3n) is 5.87. The Morgan fingerprint density at radius 3 is 2.34 bits per heavy atom. The molecule has 1 aliphatic heterocycles. The Balaban J connectivity index is 1.40. The Kier molecular flexibility index (Phi) is 8.72. The second-order valence-electron chi connectivity index (χ2n) is 9.05. The molecule has 3 aromatic carbocycles. The highest BCUT2D eigenvalue weighted by atomic mass is 35.5. The molecule has 3 aromatic rings. The predicted molar refractivity (Wildman–Crippen MR) is 135 cm³/mol. The van der Waals surface area contributed by atoms with Crippen LogP contribution in [0.4, 0.5) is 13.2 Å². The van der Waals surface area contributed by atoms with E-state index in [0.29, 0.717) is 24.3 Å². The Morgan fingerprint density at radius 1 is 1.00 bits per heavy atom. The van der Waals surface area contributed by atoms with Crippen LogP contribution in [0.5, 0.6) is 17.2 Å². The van der Waals surface area contributed by atoms with Crippen LogP contribution in [0.15, 0.2) is 66.7 Å². The number of phosphoric acid groups is 1. The summed E-state index contributed by atoms with van der Waals surface area (Å²) >= 11 is 6.41. The summed E-state index contributed by atoms with van der Waals surface area (Å²) in [5.74, 6) is 0.232. The summed E-state index contributed by atoms with van der Waals surface area (Å²) in [7, 11) is -4.02. The first-order valence-corrected chi connectivity index (χ1v) is 13.5. The molecule has 0 amide bonds. The van der Waals surface area contributed by atoms with E-state index >= 15 is 0 Å². The Bertz CT molecular complexity index is 1300. The van der Waals surface area contributed by atoms with E-state index in [4.69, 9.17) is 35.9 Å². The fraction of sp³-hybridized carbons (Fsp3) is 0.308. The van der Waals surface area contributed by atoms with Gasteiger partial charge in [-0.3, -0.25) is 9.05 Å². The fourth-order valence-corrected chi connectivity index (χ4v) is 5.00. The molecule has 0 saturated carbocycles. The number of ether oxygens (including phenoxy) is 2. The normalized spacial score (nSPS) is 21.7. The first kappa shape index (κ1) is 28.4. The minimum Gasteiger partial charge on any atom is -0.489 e. The van der Waals surface area contributed by atoms with Crippen molar-refractivity contribution in [2.75, 3.05) is 13.2 Å². The summed E-state index contributed by atoms with van der Waals surface area (Å²) in [6.07, 6.45) is -3.00. The van der Waals surface area contributed by atoms with Gasteiger partial charge in [-0.25, -0.2) is 4.57 Å². The summed E-state index contributed by atoms with van der Waals surface area (Å²) in [5.41, 5.74) is 5.98. The number of aryl methyl sites for hydroxylation is 1. The molecule has 1 heterocycles. The Hall–Kier alpha value is -2.59. The van der Waals surface area contributed by atoms with Gasteiger partial charge in [0.05, 0.1) is 24.3 Å². The number of benzene rings is 3. The van der Waals surface area contributed by atoms with Crippen molar-refractivity contribution in [3.05, 3.63) is 88.4 Å². The molecule has 0 aromatic heterocycles. The van der Waals surface area contributed by atoms with Crippen LogP contribution >= 0.6 is 19.4 Å². The lowest BCUT2D eigenvalue weighted by Gasteiger charge is -2.34. The van der Waals surface area contributed by atoms with Gasteiger partial charge in [-0.05, 0) is 54.7 Å². The fourth-order valence-electron chi connectivity index (χ4n) is 3.82. The molecule has 0 aliphatic carbocycles. The van der Waals surface area contributed by atoms with Gasteiger partial charge in [0.15, 0.2) is 0 Å². The molecule has 1 aliphatic rings. The van der Waals surface area contributed by atoms with E-state index in [1.54, 1.807) is 12.1 Å². The van der Waals surface area contributed by atoms with Crippen LogP contribution in [0.3, 0.4) is 0 Å². The molecule has 12 heteroatoms. The highest BCUT2D eigenvalue weighted by Gasteiger charge is 2.38. The molecule has 0 atom stereocenters. The first-order chi connectivity index (χ1) is 17.9. The van der Waals surface area contributed by atoms with Crippen LogP contribution in [-0.2, 0) is 32.8 Å². The van der Waals surface area contributed by atoms with Crippen LogP contribution in [0.2, 0.25) is 5.02 Å². The Labute approximate surface area is 222 Å². The van der Waals surface area contributed by atoms with Crippen molar-refractivity contribution in [2.45, 2.75) is 37.6 Å². The quantitative estimate of drug-likeness (QED) is 0.270. The minimum absolute atomic E-state index is 0.0188. The van der Waals surface area contributed by atoms with Gasteiger partial charge in [-0.1, -0.05) is 48.0 Å². The lowest BCUT2D eigenvalue weighted by molar-refractivity contribution is -0.137. The Morgan fingerprint density at radius 2 is 1.68 bits per heavy atom. The second-order valence-corrected chi connectivity index (χ2v) is 10.9. The SMILES string of the molecule is NC1(CCCc2ccc(Oc3cc(OCc4ccccc4)cc(C(F)(F)F)c3)cc2Cl)COP(=O)(O)OC1. The van der Waals surface area contributed by atoms with Crippen molar-refractivity contribution in [1.29, 1.82) is 0 Å². The molecule has 1 saturated heterocycles. The van der Waals surface area contributed by atoms with E-state index in [1.165, 1.54) is 12.1 Å². The van der Waals surface area contributed by atoms with Crippen molar-refractivity contribution >= 4 is 19.4 Å². The molecular formula is C26H26ClF3NO6P. The zero-order chi connectivity index (χ0) is 27.4. The zero-order valence-electron chi connectivity index (χ0n) is 20.1. The lowest BCUT2D eigenvalue weighted by Crippen LogP contribution is -2.50. The van der Waals surface area contributed by atoms with Crippen LogP contribution in [0, 0.1) is 0 Å². The summed E-state index contributed by atoms with van der Waals surface area (Å²) in [6, 6.07) is 17.2. The molecule has 1 fully saturated rings. The maximum Gasteiger partial charge on any atom is 0.472 e. The number of rotatable bonds is 9. The van der Waals surface area contributed by atoms with E-state index in [9.17, 15) is 22.6 Å². The van der Waals surface area contributed by atoms with Crippen molar-refractivity contribution < 1.29 is 41.2 Å². The number of halogens is 4. The minimum atomic E-state index is -4.59. The maximum absolute atomic E-state index is 13.5. The summed E-state index contributed by atoms with van der Waals surface area (Å²) < 4.78 is 72.8. The maximum atomic E-state index is 13.5. The third kappa shape index (κ3) is 7.96. The van der Waals surface area contributed by atoms with E-state index in [2.05, 4.69) is 0 Å². The molecule has 4 rings (SSSR count). The second kappa shape index (κ2) is 11.7. The number of hydrogen-bond donors (Lipinski definition) is 2. The van der Waals surface area contributed by atoms with Gasteiger partial charge in [0.1, 0.15) is 23.9 Å². The van der Waals surface area contributed by atoms with Crippen molar-refractivity contribution in [3.8, 4) is 17.2 Å². The molecule has 0 bridgehead atoms. The smallest absolute Gasteiger partial charge is 0.472 e. The van der Waals surface area contributed by atoms with Crippen LogP contribution in [0.25, 0.3) is 0 Å². The monoisotopic (exact) mass is 571 g/mol. The largest absolute Gasteiger partial charge is 0.489 e. The molecule has 7 nitrogen and oxygen atoms in total. The van der Waals surface area contributed by atoms with Gasteiger partial charge in [-0.15, -0.1) is 0 Å². The van der Waals surface area contributed by atoms with Gasteiger partial charge in [0.25, 0.3) is 0 Å². The van der Waals surface area contributed by atoms with Gasteiger partial charge in [0.2, 0.25) is 0 Å². The van der Waals surface area contributed by atoms with Gasteiger partial charge in [0, 0.05) is 11.1 Å². The molecule has 204 valence electrons. The molecule has 0 unspecified atom stereocenters. The molecule has 3 N–H and O–H groups in total. The van der Waals surface area contributed by atoms with Gasteiger partial charge >= 0.3 is 14.0 Å². The van der Waals surface area contributed by atoms with E-state index in [1.807, 2.05) is 30.3 Å². The van der Waals surface area contributed by atoms with Crippen LogP contribution in [0.1, 0.15) is 29.5 Å². The average molecular weight is 572 g/mol. The lowest BCUT2D eigenvalue weighted by atomic mass is 9.94. The summed E-state index contributed by atoms with van der Waals surface area (Å²) in [5, 5.41) is 0.372. The molecular weight excluding hydrogens is 546 g/mol. The topological polar surface area (TPSA) is 100 Å². The number of hydrogen-bond acceptors (Lipinski definition) is 6. The summed E-state index contributed by atoms with van der Waals surface area (Å²) in [4.78, 5) is 9.29. The molecule has 0 radical (unpaired) electrons. The average Bonchev–Trinajstić information content (AvgIpc) is 2.86. The van der Waals surface area contributed by atoms with Gasteiger partial charge in [-0.2, -0.15) is 13.2 Å². The van der Waals surface area contributed by atoms with Gasteiger partial charge < -0.3 is 20.1 Å². The molecule has 38 heavy (non-hydrogen) atoms. The van der Waals surface area contributed by atoms with E-state index in [-0.39, 0.29) is 37.1 Å². The van der Waals surface area contributed by atoms with Crippen molar-refractivity contribution in [2.24, 2.45) is 5.73 Å². The third-order valence-corrected chi connectivity index (χ3v) is 7.13. The van der Waals surface area contributed by atoms with Crippen LogP contribution in [-0.4, -0.2) is 23.6 Å².